The summed E-state index contributed by atoms with van der Waals surface area (Å²) in [7, 11) is 0. The third kappa shape index (κ3) is 7.36. The maximum atomic E-state index is 12.0. The maximum absolute atomic E-state index is 12.0. The third-order valence-corrected chi connectivity index (χ3v) is 11.3. The van der Waals surface area contributed by atoms with E-state index in [4.69, 9.17) is 9.47 Å². The number of halogens is 1. The van der Waals surface area contributed by atoms with Gasteiger partial charge in [0.15, 0.2) is 0 Å². The number of rotatable bonds is 10. The van der Waals surface area contributed by atoms with Crippen LogP contribution in [0.15, 0.2) is 170 Å². The minimum atomic E-state index is 0. The molecule has 8 aromatic carbocycles. The van der Waals surface area contributed by atoms with Gasteiger partial charge in [-0.25, -0.2) is 0 Å². The first kappa shape index (κ1) is 41.5. The van der Waals surface area contributed by atoms with Crippen molar-refractivity contribution in [3.05, 3.63) is 181 Å². The summed E-state index contributed by atoms with van der Waals surface area (Å²) >= 11 is 0. The van der Waals surface area contributed by atoms with Gasteiger partial charge in [-0.15, -0.1) is 0 Å². The number of aromatic nitrogens is 2. The minimum Gasteiger partial charge on any atom is -1.00 e. The first-order valence-corrected chi connectivity index (χ1v) is 20.0. The summed E-state index contributed by atoms with van der Waals surface area (Å²) in [4.78, 5) is 0. The average molecular weight is 985 g/mol. The predicted octanol–water partition coefficient (Wildman–Crippen LogP) is 10.1. The number of phenols is 2. The fourth-order valence-electron chi connectivity index (χ4n) is 8.69. The van der Waals surface area contributed by atoms with Crippen LogP contribution in [0.25, 0.3) is 77.2 Å². The Kier molecular flexibility index (Phi) is 11.8. The molecular formula is C53H42ClHfN2O4+3. The second-order valence-electron chi connectivity index (χ2n) is 15.1. The summed E-state index contributed by atoms with van der Waals surface area (Å²) in [5, 5.41) is 28.6. The molecule has 0 bridgehead atoms. The van der Waals surface area contributed by atoms with Crippen molar-refractivity contribution in [2.45, 2.75) is 20.3 Å². The van der Waals surface area contributed by atoms with E-state index in [0.29, 0.717) is 42.3 Å². The van der Waals surface area contributed by atoms with Gasteiger partial charge in [0.1, 0.15) is 23.0 Å². The summed E-state index contributed by atoms with van der Waals surface area (Å²) < 4.78 is 17.2. The molecule has 10 rings (SSSR count). The van der Waals surface area contributed by atoms with E-state index in [0.717, 1.165) is 77.2 Å². The molecular weight excluding hydrogens is 943 g/mol. The molecule has 10 aromatic rings. The Labute approximate surface area is 379 Å². The summed E-state index contributed by atoms with van der Waals surface area (Å²) in [6.07, 6.45) is 0.613. The molecule has 0 amide bonds. The van der Waals surface area contributed by atoms with E-state index in [9.17, 15) is 10.2 Å². The molecule has 8 heteroatoms. The summed E-state index contributed by atoms with van der Waals surface area (Å²) in [5.74, 6) is 1.76. The van der Waals surface area contributed by atoms with Crippen LogP contribution in [-0.2, 0) is 25.8 Å². The number of aromatic hydroxyl groups is 2. The Balaban J connectivity index is 0.00000257. The van der Waals surface area contributed by atoms with Crippen molar-refractivity contribution in [3.63, 3.8) is 0 Å². The van der Waals surface area contributed by atoms with E-state index >= 15 is 0 Å². The van der Waals surface area contributed by atoms with Gasteiger partial charge in [0, 0.05) is 50.2 Å². The van der Waals surface area contributed by atoms with Gasteiger partial charge >= 0.3 is 25.8 Å². The molecule has 0 radical (unpaired) electrons. The van der Waals surface area contributed by atoms with E-state index in [1.807, 2.05) is 97.1 Å². The number of para-hydroxylation sites is 6. The molecule has 0 aliphatic rings. The van der Waals surface area contributed by atoms with Crippen molar-refractivity contribution >= 4 is 43.6 Å². The van der Waals surface area contributed by atoms with Gasteiger partial charge < -0.3 is 41.2 Å². The van der Waals surface area contributed by atoms with Gasteiger partial charge in [-0.1, -0.05) is 109 Å². The zero-order valence-electron chi connectivity index (χ0n) is 33.8. The number of phenolic OH excluding ortho intramolecular Hbond substituents is 2. The fourth-order valence-corrected chi connectivity index (χ4v) is 8.69. The van der Waals surface area contributed by atoms with Crippen LogP contribution in [0, 0.1) is 13.8 Å². The number of benzene rings is 8. The van der Waals surface area contributed by atoms with Crippen molar-refractivity contribution in [3.8, 4) is 56.6 Å². The molecule has 0 atom stereocenters. The molecule has 2 N–H and O–H groups in total. The molecule has 2 heterocycles. The number of nitrogens with zero attached hydrogens (tertiary/aromatic N) is 2. The number of aryl methyl sites for hydroxylation is 2. The quantitative estimate of drug-likeness (QED) is 0.106. The Morgan fingerprint density at radius 3 is 1.08 bits per heavy atom. The summed E-state index contributed by atoms with van der Waals surface area (Å²) in [6, 6.07) is 57.1. The monoisotopic (exact) mass is 985 g/mol. The van der Waals surface area contributed by atoms with Crippen LogP contribution in [0.2, 0.25) is 0 Å². The van der Waals surface area contributed by atoms with Crippen molar-refractivity contribution in [1.82, 2.24) is 9.13 Å². The normalized spacial score (nSPS) is 11.2. The largest absolute Gasteiger partial charge is 4.00 e. The van der Waals surface area contributed by atoms with E-state index < -0.39 is 0 Å². The van der Waals surface area contributed by atoms with Crippen molar-refractivity contribution in [2.24, 2.45) is 0 Å². The van der Waals surface area contributed by atoms with Crippen molar-refractivity contribution in [1.29, 1.82) is 0 Å². The van der Waals surface area contributed by atoms with Gasteiger partial charge in [-0.2, -0.15) is 0 Å². The van der Waals surface area contributed by atoms with Crippen LogP contribution >= 0.6 is 0 Å². The van der Waals surface area contributed by atoms with Gasteiger partial charge in [-0.3, -0.25) is 0 Å². The Bertz CT molecular complexity index is 2900. The molecule has 0 aliphatic carbocycles. The Morgan fingerprint density at radius 2 is 0.721 bits per heavy atom. The van der Waals surface area contributed by atoms with Gasteiger partial charge in [0.25, 0.3) is 0 Å². The van der Waals surface area contributed by atoms with Crippen LogP contribution in [0.4, 0.5) is 0 Å². The molecule has 0 saturated carbocycles. The van der Waals surface area contributed by atoms with Crippen LogP contribution in [0.3, 0.4) is 0 Å². The maximum Gasteiger partial charge on any atom is 4.00 e. The molecule has 0 fully saturated rings. The summed E-state index contributed by atoms with van der Waals surface area (Å²) in [5.41, 5.74) is 10.7. The number of ether oxygens (including phenoxy) is 2. The molecule has 6 nitrogen and oxygen atoms in total. The van der Waals surface area contributed by atoms with Crippen molar-refractivity contribution in [2.75, 3.05) is 13.2 Å². The molecule has 2 aromatic heterocycles. The summed E-state index contributed by atoms with van der Waals surface area (Å²) in [6.45, 7) is 4.92. The molecule has 61 heavy (non-hydrogen) atoms. The first-order chi connectivity index (χ1) is 29.0. The van der Waals surface area contributed by atoms with Gasteiger partial charge in [0.2, 0.25) is 0 Å². The first-order valence-electron chi connectivity index (χ1n) is 20.0. The number of hydrogen-bond donors (Lipinski definition) is 2. The average Bonchev–Trinajstić information content (AvgIpc) is 3.78. The fraction of sp³-hybridized carbons (Fsp3) is 0.0943. The topological polar surface area (TPSA) is 68.8 Å². The Morgan fingerprint density at radius 1 is 0.410 bits per heavy atom. The van der Waals surface area contributed by atoms with Crippen LogP contribution in [0.5, 0.6) is 23.0 Å². The van der Waals surface area contributed by atoms with Gasteiger partial charge in [0.05, 0.1) is 46.7 Å². The standard InChI is InChI=1S/C53H42N2O4.ClH.Hf/c1-34-30-42(52(56)48(32-34)54-44-22-9-3-16-36(44)37-17-4-10-23-45(37)54)40-20-7-13-26-50(40)58-28-15-29-59-51-27-14-8-21-41(51)43-31-35(2)33-49(53(43)57)55-46-24-11-5-18-38(46)39-19-6-12-25-47(39)55;;/h3-14,16-27,30-33,56-57H,15,28-29H2,1-2H3;1H;/q;;+4/p-1. The van der Waals surface area contributed by atoms with Crippen molar-refractivity contribution < 1.29 is 57.9 Å². The van der Waals surface area contributed by atoms with Crippen LogP contribution < -0.4 is 21.9 Å². The van der Waals surface area contributed by atoms with Crippen LogP contribution in [0.1, 0.15) is 17.5 Å². The number of fused-ring (bicyclic) bond motifs is 6. The smallest absolute Gasteiger partial charge is 1.00 e. The third-order valence-electron chi connectivity index (χ3n) is 11.3. The second kappa shape index (κ2) is 17.4. The predicted molar refractivity (Wildman–Crippen MR) is 241 cm³/mol. The zero-order valence-corrected chi connectivity index (χ0v) is 38.1. The second-order valence-corrected chi connectivity index (χ2v) is 15.1. The molecule has 296 valence electrons. The molecule has 0 saturated heterocycles. The van der Waals surface area contributed by atoms with E-state index in [-0.39, 0.29) is 49.7 Å². The molecule has 0 spiro atoms. The Hall–Kier alpha value is -6.28. The minimum absolute atomic E-state index is 0. The number of hydrogen-bond acceptors (Lipinski definition) is 4. The SMILES string of the molecule is Cc1cc(-c2ccccc2OCCCOc2ccccc2-c2cc(C)cc(-n3c4ccccc4c4ccccc43)c2O)c(O)c(-n2c3ccccc3c3ccccc32)c1.[Cl-].[Hf+4]. The van der Waals surface area contributed by atoms with E-state index in [1.165, 1.54) is 0 Å². The molecule has 0 unspecified atom stereocenters. The van der Waals surface area contributed by atoms with E-state index in [2.05, 4.69) is 95.8 Å². The molecule has 0 aliphatic heterocycles. The van der Waals surface area contributed by atoms with Gasteiger partial charge in [-0.05, 0) is 85.6 Å². The zero-order chi connectivity index (χ0) is 40.0. The van der Waals surface area contributed by atoms with Crippen LogP contribution in [-0.4, -0.2) is 32.6 Å². The van der Waals surface area contributed by atoms with E-state index in [1.54, 1.807) is 0 Å².